The average Bonchev–Trinajstić information content (AvgIpc) is 2.25. The molecule has 0 spiro atoms. The Bertz CT molecular complexity index is 297. The summed E-state index contributed by atoms with van der Waals surface area (Å²) in [4.78, 5) is 23.3. The Hall–Kier alpha value is -1.26. The van der Waals surface area contributed by atoms with Crippen LogP contribution in [0.25, 0.3) is 0 Å². The van der Waals surface area contributed by atoms with Crippen molar-refractivity contribution in [3.63, 3.8) is 0 Å². The molecule has 2 N–H and O–H groups in total. The number of carbonyl (C=O) groups is 2. The first-order chi connectivity index (χ1) is 7.78. The number of rotatable bonds is 1. The van der Waals surface area contributed by atoms with Crippen LogP contribution in [0.3, 0.4) is 0 Å². The Morgan fingerprint density at radius 2 is 2.06 bits per heavy atom. The largest absolute Gasteiger partial charge is 0.444 e. The average molecular weight is 242 g/mol. The molecule has 1 saturated heterocycles. The van der Waals surface area contributed by atoms with Crippen molar-refractivity contribution in [2.75, 3.05) is 0 Å². The summed E-state index contributed by atoms with van der Waals surface area (Å²) < 4.78 is 5.13. The fourth-order valence-electron chi connectivity index (χ4n) is 1.76. The maximum absolute atomic E-state index is 11.7. The minimum atomic E-state index is -0.543. The lowest BCUT2D eigenvalue weighted by Gasteiger charge is -2.22. The highest BCUT2D eigenvalue weighted by atomic mass is 16.6. The highest BCUT2D eigenvalue weighted by Gasteiger charge is 2.26. The number of ether oxygens (including phenoxy) is 1. The van der Waals surface area contributed by atoms with Crippen LogP contribution in [0.2, 0.25) is 0 Å². The quantitative estimate of drug-likeness (QED) is 0.733. The van der Waals surface area contributed by atoms with Crippen molar-refractivity contribution in [3.05, 3.63) is 0 Å². The molecule has 0 aromatic rings. The molecule has 98 valence electrons. The lowest BCUT2D eigenvalue weighted by molar-refractivity contribution is -0.123. The Morgan fingerprint density at radius 3 is 2.65 bits per heavy atom. The normalized spacial score (nSPS) is 25.8. The lowest BCUT2D eigenvalue weighted by Crippen LogP contribution is -2.48. The van der Waals surface area contributed by atoms with Crippen molar-refractivity contribution >= 4 is 12.0 Å². The van der Waals surface area contributed by atoms with Crippen molar-refractivity contribution in [1.29, 1.82) is 0 Å². The van der Waals surface area contributed by atoms with E-state index >= 15 is 0 Å². The second-order valence-corrected chi connectivity index (χ2v) is 5.54. The van der Waals surface area contributed by atoms with Gasteiger partial charge in [0.05, 0.1) is 0 Å². The molecular weight excluding hydrogens is 220 g/mol. The topological polar surface area (TPSA) is 67.4 Å². The van der Waals surface area contributed by atoms with E-state index in [1.54, 1.807) is 20.8 Å². The van der Waals surface area contributed by atoms with Gasteiger partial charge in [-0.25, -0.2) is 4.79 Å². The fourth-order valence-corrected chi connectivity index (χ4v) is 1.76. The molecule has 0 aromatic heterocycles. The Balaban J connectivity index is 2.50. The summed E-state index contributed by atoms with van der Waals surface area (Å²) in [5, 5.41) is 5.46. The number of alkyl carbamates (subject to hydrolysis) is 1. The lowest BCUT2D eigenvalue weighted by atomic mass is 10.1. The van der Waals surface area contributed by atoms with Gasteiger partial charge in [0.2, 0.25) is 5.91 Å². The van der Waals surface area contributed by atoms with Gasteiger partial charge in [-0.15, -0.1) is 0 Å². The first-order valence-electron chi connectivity index (χ1n) is 6.08. The van der Waals surface area contributed by atoms with Gasteiger partial charge in [0.1, 0.15) is 11.6 Å². The molecule has 0 radical (unpaired) electrons. The van der Waals surface area contributed by atoms with Crippen LogP contribution in [-0.4, -0.2) is 29.7 Å². The van der Waals surface area contributed by atoms with Crippen LogP contribution in [0.5, 0.6) is 0 Å². The molecule has 2 amide bonds. The molecule has 1 rings (SSSR count). The van der Waals surface area contributed by atoms with Gasteiger partial charge in [-0.3, -0.25) is 4.79 Å². The first-order valence-corrected chi connectivity index (χ1v) is 6.08. The summed E-state index contributed by atoms with van der Waals surface area (Å²) in [6, 6.07) is -0.303. The molecule has 1 aliphatic heterocycles. The second-order valence-electron chi connectivity index (χ2n) is 5.54. The number of hydrogen-bond donors (Lipinski definition) is 2. The van der Waals surface area contributed by atoms with E-state index in [9.17, 15) is 9.59 Å². The van der Waals surface area contributed by atoms with Crippen molar-refractivity contribution in [3.8, 4) is 0 Å². The molecule has 1 heterocycles. The molecule has 0 saturated carbocycles. The van der Waals surface area contributed by atoms with Gasteiger partial charge >= 0.3 is 6.09 Å². The Morgan fingerprint density at radius 1 is 1.41 bits per heavy atom. The highest BCUT2D eigenvalue weighted by molar-refractivity contribution is 5.86. The zero-order valence-corrected chi connectivity index (χ0v) is 11.0. The molecule has 0 bridgehead atoms. The molecule has 17 heavy (non-hydrogen) atoms. The molecule has 0 unspecified atom stereocenters. The van der Waals surface area contributed by atoms with Crippen molar-refractivity contribution in [2.24, 2.45) is 0 Å². The summed E-state index contributed by atoms with van der Waals surface area (Å²) in [7, 11) is 0. The summed E-state index contributed by atoms with van der Waals surface area (Å²) in [5.41, 5.74) is -0.543. The summed E-state index contributed by atoms with van der Waals surface area (Å²) in [5.74, 6) is -0.124. The second kappa shape index (κ2) is 5.38. The number of nitrogens with one attached hydrogen (secondary N) is 2. The molecule has 2 atom stereocenters. The van der Waals surface area contributed by atoms with E-state index in [1.807, 2.05) is 6.92 Å². The molecule has 1 aliphatic rings. The van der Waals surface area contributed by atoms with Crippen LogP contribution >= 0.6 is 0 Å². The van der Waals surface area contributed by atoms with E-state index in [0.29, 0.717) is 6.42 Å². The van der Waals surface area contributed by atoms with E-state index in [4.69, 9.17) is 4.74 Å². The predicted molar refractivity (Wildman–Crippen MR) is 64.6 cm³/mol. The van der Waals surface area contributed by atoms with Gasteiger partial charge < -0.3 is 15.4 Å². The van der Waals surface area contributed by atoms with Gasteiger partial charge in [0, 0.05) is 6.04 Å². The van der Waals surface area contributed by atoms with Crippen molar-refractivity contribution in [1.82, 2.24) is 10.6 Å². The third-order valence-electron chi connectivity index (χ3n) is 2.53. The van der Waals surface area contributed by atoms with Crippen LogP contribution in [0.1, 0.15) is 47.0 Å². The van der Waals surface area contributed by atoms with Crippen molar-refractivity contribution < 1.29 is 14.3 Å². The Labute approximate surface area is 102 Å². The van der Waals surface area contributed by atoms with E-state index in [-0.39, 0.29) is 11.9 Å². The monoisotopic (exact) mass is 242 g/mol. The van der Waals surface area contributed by atoms with Gasteiger partial charge in [0.25, 0.3) is 0 Å². The van der Waals surface area contributed by atoms with E-state index in [0.717, 1.165) is 12.8 Å². The summed E-state index contributed by atoms with van der Waals surface area (Å²) in [6.45, 7) is 7.35. The maximum Gasteiger partial charge on any atom is 0.408 e. The Kier molecular flexibility index (Phi) is 4.37. The maximum atomic E-state index is 11.7. The molecule has 5 nitrogen and oxygen atoms in total. The highest BCUT2D eigenvalue weighted by Crippen LogP contribution is 2.11. The zero-order valence-electron chi connectivity index (χ0n) is 11.0. The van der Waals surface area contributed by atoms with Crippen LogP contribution in [0.15, 0.2) is 0 Å². The van der Waals surface area contributed by atoms with Crippen LogP contribution in [-0.2, 0) is 9.53 Å². The molecule has 1 fully saturated rings. The third-order valence-corrected chi connectivity index (χ3v) is 2.53. The minimum Gasteiger partial charge on any atom is -0.444 e. The predicted octanol–water partition coefficient (Wildman–Crippen LogP) is 1.57. The van der Waals surface area contributed by atoms with Gasteiger partial charge in [-0.2, -0.15) is 0 Å². The zero-order chi connectivity index (χ0) is 13.1. The summed E-state index contributed by atoms with van der Waals surface area (Å²) in [6.07, 6.45) is 1.99. The van der Waals surface area contributed by atoms with Crippen molar-refractivity contribution in [2.45, 2.75) is 64.6 Å². The number of hydrogen-bond acceptors (Lipinski definition) is 3. The van der Waals surface area contributed by atoms with Gasteiger partial charge in [0.15, 0.2) is 0 Å². The molecule has 0 aliphatic carbocycles. The molecule has 5 heteroatoms. The number of carbonyl (C=O) groups excluding carboxylic acids is 2. The minimum absolute atomic E-state index is 0.124. The smallest absolute Gasteiger partial charge is 0.408 e. The number of amides is 2. The van der Waals surface area contributed by atoms with Crippen LogP contribution in [0.4, 0.5) is 4.79 Å². The van der Waals surface area contributed by atoms with Crippen LogP contribution < -0.4 is 10.6 Å². The van der Waals surface area contributed by atoms with Gasteiger partial charge in [-0.1, -0.05) is 0 Å². The first kappa shape index (κ1) is 13.8. The molecule has 0 aromatic carbocycles. The third kappa shape index (κ3) is 5.06. The fraction of sp³-hybridized carbons (Fsp3) is 0.833. The van der Waals surface area contributed by atoms with E-state index in [2.05, 4.69) is 10.6 Å². The SMILES string of the molecule is C[C@H]1CCC[C@@H](NC(=O)OC(C)(C)C)C(=O)N1. The standard InChI is InChI=1S/C12H22N2O3/c1-8-6-5-7-9(10(15)13-8)14-11(16)17-12(2,3)4/h8-9H,5-7H2,1-4H3,(H,13,15)(H,14,16)/t8-,9+/m0/s1. The van der Waals surface area contributed by atoms with E-state index in [1.165, 1.54) is 0 Å². The molecular formula is C12H22N2O3. The van der Waals surface area contributed by atoms with E-state index < -0.39 is 17.7 Å². The van der Waals surface area contributed by atoms with Crippen LogP contribution in [0, 0.1) is 0 Å². The van der Waals surface area contributed by atoms with Gasteiger partial charge in [-0.05, 0) is 47.0 Å². The summed E-state index contributed by atoms with van der Waals surface area (Å²) >= 11 is 0.